The van der Waals surface area contributed by atoms with Gasteiger partial charge in [0.1, 0.15) is 17.3 Å². The number of ketones is 1. The van der Waals surface area contributed by atoms with Crippen LogP contribution in [0.4, 0.5) is 5.69 Å². The molecule has 0 radical (unpaired) electrons. The lowest BCUT2D eigenvalue weighted by molar-refractivity contribution is -0.132. The maximum atomic E-state index is 13.2. The average molecular weight is 465 g/mol. The molecule has 0 aliphatic carbocycles. The number of aliphatic hydroxyl groups is 1. The standard InChI is InChI=1S/C25H21ClN2O5/c1-3-33-20-13-16(5-6-17(20)26)23(30)21-22(15-8-10-27-11-9-15)28(25(32)24(21)31)18-12-14(2)4-7-19(18)29/h4-13,22,29-30H,3H2,1-2H3/b23-21-. The number of benzene rings is 2. The number of halogens is 1. The number of amides is 1. The number of nitrogens with zero attached hydrogens (tertiary/aromatic N) is 2. The van der Waals surface area contributed by atoms with Gasteiger partial charge >= 0.3 is 0 Å². The molecule has 1 aliphatic rings. The highest BCUT2D eigenvalue weighted by molar-refractivity contribution is 6.52. The number of aliphatic hydroxyl groups excluding tert-OH is 1. The van der Waals surface area contributed by atoms with Crippen LogP contribution >= 0.6 is 11.6 Å². The van der Waals surface area contributed by atoms with Crippen LogP contribution in [0.1, 0.15) is 29.7 Å². The number of carbonyl (C=O) groups excluding carboxylic acids is 2. The Bertz CT molecular complexity index is 1270. The highest BCUT2D eigenvalue weighted by Crippen LogP contribution is 2.45. The van der Waals surface area contributed by atoms with Crippen molar-refractivity contribution in [1.29, 1.82) is 0 Å². The summed E-state index contributed by atoms with van der Waals surface area (Å²) in [7, 11) is 0. The van der Waals surface area contributed by atoms with Gasteiger partial charge in [0.15, 0.2) is 0 Å². The van der Waals surface area contributed by atoms with Crippen LogP contribution in [0.5, 0.6) is 11.5 Å². The Morgan fingerprint density at radius 1 is 1.12 bits per heavy atom. The second kappa shape index (κ2) is 8.96. The van der Waals surface area contributed by atoms with Crippen molar-refractivity contribution in [3.05, 3.63) is 88.2 Å². The summed E-state index contributed by atoms with van der Waals surface area (Å²) >= 11 is 6.16. The zero-order valence-electron chi connectivity index (χ0n) is 17.9. The Kier molecular flexibility index (Phi) is 6.07. The van der Waals surface area contributed by atoms with Gasteiger partial charge in [-0.1, -0.05) is 17.7 Å². The number of phenolic OH excluding ortho intramolecular Hbond substituents is 1. The second-order valence-electron chi connectivity index (χ2n) is 7.52. The maximum Gasteiger partial charge on any atom is 0.300 e. The monoisotopic (exact) mass is 464 g/mol. The number of aromatic nitrogens is 1. The Hall–Kier alpha value is -3.84. The van der Waals surface area contributed by atoms with Crippen molar-refractivity contribution < 1.29 is 24.5 Å². The number of phenols is 1. The maximum absolute atomic E-state index is 13.2. The quantitative estimate of drug-likeness (QED) is 0.320. The number of Topliss-reactive ketones (excluding diaryl/α,β-unsaturated/α-hetero) is 1. The van der Waals surface area contributed by atoms with E-state index in [1.54, 1.807) is 43.3 Å². The van der Waals surface area contributed by atoms with E-state index >= 15 is 0 Å². The Morgan fingerprint density at radius 3 is 2.55 bits per heavy atom. The normalized spacial score (nSPS) is 17.4. The molecule has 1 fully saturated rings. The SMILES string of the molecule is CCOc1cc(/C(O)=C2/C(=O)C(=O)N(c3cc(C)ccc3O)C2c2ccncc2)ccc1Cl. The summed E-state index contributed by atoms with van der Waals surface area (Å²) in [6.45, 7) is 3.97. The van der Waals surface area contributed by atoms with Crippen LogP contribution in [0.25, 0.3) is 5.76 Å². The number of carbonyl (C=O) groups is 2. The first-order valence-corrected chi connectivity index (χ1v) is 10.6. The number of aryl methyl sites for hydroxylation is 1. The van der Waals surface area contributed by atoms with Gasteiger partial charge in [-0.3, -0.25) is 19.5 Å². The number of hydrogen-bond donors (Lipinski definition) is 2. The van der Waals surface area contributed by atoms with Gasteiger partial charge in [0, 0.05) is 18.0 Å². The molecule has 1 aromatic heterocycles. The van der Waals surface area contributed by atoms with Crippen LogP contribution in [0, 0.1) is 6.92 Å². The van der Waals surface area contributed by atoms with Crippen LogP contribution in [-0.2, 0) is 9.59 Å². The fraction of sp³-hybridized carbons (Fsp3) is 0.160. The van der Waals surface area contributed by atoms with Crippen molar-refractivity contribution in [3.8, 4) is 11.5 Å². The highest BCUT2D eigenvalue weighted by Gasteiger charge is 2.47. The molecule has 1 aliphatic heterocycles. The fourth-order valence-corrected chi connectivity index (χ4v) is 4.01. The van der Waals surface area contributed by atoms with Gasteiger partial charge in [0.05, 0.1) is 28.9 Å². The molecular formula is C25H21ClN2O5. The number of aromatic hydroxyl groups is 1. The number of rotatable bonds is 5. The largest absolute Gasteiger partial charge is 0.507 e. The van der Waals surface area contributed by atoms with E-state index in [0.29, 0.717) is 22.9 Å². The molecule has 7 nitrogen and oxygen atoms in total. The minimum absolute atomic E-state index is 0.114. The smallest absolute Gasteiger partial charge is 0.300 e. The Balaban J connectivity index is 1.95. The minimum atomic E-state index is -0.980. The molecular weight excluding hydrogens is 444 g/mol. The molecule has 0 saturated carbocycles. The molecule has 2 aromatic carbocycles. The van der Waals surface area contributed by atoms with Gasteiger partial charge in [0.25, 0.3) is 11.7 Å². The summed E-state index contributed by atoms with van der Waals surface area (Å²) < 4.78 is 5.50. The summed E-state index contributed by atoms with van der Waals surface area (Å²) in [6, 6.07) is 11.7. The van der Waals surface area contributed by atoms with E-state index in [2.05, 4.69) is 4.98 Å². The van der Waals surface area contributed by atoms with E-state index in [9.17, 15) is 19.8 Å². The number of anilines is 1. The third-order valence-electron chi connectivity index (χ3n) is 5.36. The van der Waals surface area contributed by atoms with Crippen molar-refractivity contribution in [2.45, 2.75) is 19.9 Å². The molecule has 0 spiro atoms. The minimum Gasteiger partial charge on any atom is -0.507 e. The van der Waals surface area contributed by atoms with E-state index < -0.39 is 17.7 Å². The first-order valence-electron chi connectivity index (χ1n) is 10.3. The van der Waals surface area contributed by atoms with Crippen LogP contribution < -0.4 is 9.64 Å². The molecule has 4 rings (SSSR count). The first-order chi connectivity index (χ1) is 15.8. The van der Waals surface area contributed by atoms with Crippen molar-refractivity contribution in [2.75, 3.05) is 11.5 Å². The van der Waals surface area contributed by atoms with Crippen LogP contribution in [0.3, 0.4) is 0 Å². The highest BCUT2D eigenvalue weighted by atomic mass is 35.5. The van der Waals surface area contributed by atoms with E-state index in [0.717, 1.165) is 5.56 Å². The molecule has 2 N–H and O–H groups in total. The molecule has 33 heavy (non-hydrogen) atoms. The Morgan fingerprint density at radius 2 is 1.85 bits per heavy atom. The summed E-state index contributed by atoms with van der Waals surface area (Å²) in [6.07, 6.45) is 3.06. The summed E-state index contributed by atoms with van der Waals surface area (Å²) in [5.41, 5.74) is 1.66. The summed E-state index contributed by atoms with van der Waals surface area (Å²) in [4.78, 5) is 31.6. The van der Waals surface area contributed by atoms with Crippen molar-refractivity contribution >= 4 is 34.7 Å². The predicted octanol–water partition coefficient (Wildman–Crippen LogP) is 4.77. The van der Waals surface area contributed by atoms with E-state index in [4.69, 9.17) is 16.3 Å². The molecule has 1 saturated heterocycles. The van der Waals surface area contributed by atoms with E-state index in [1.807, 2.05) is 6.92 Å². The Labute approximate surface area is 195 Å². The molecule has 0 bridgehead atoms. The lowest BCUT2D eigenvalue weighted by Crippen LogP contribution is -2.29. The topological polar surface area (TPSA) is 100.0 Å². The average Bonchev–Trinajstić information content (AvgIpc) is 3.07. The van der Waals surface area contributed by atoms with Crippen molar-refractivity contribution in [3.63, 3.8) is 0 Å². The van der Waals surface area contributed by atoms with Gasteiger partial charge in [0.2, 0.25) is 0 Å². The third kappa shape index (κ3) is 4.03. The predicted molar refractivity (Wildman–Crippen MR) is 124 cm³/mol. The van der Waals surface area contributed by atoms with Gasteiger partial charge in [-0.05, 0) is 67.4 Å². The molecule has 168 valence electrons. The van der Waals surface area contributed by atoms with Gasteiger partial charge in [-0.2, -0.15) is 0 Å². The second-order valence-corrected chi connectivity index (χ2v) is 7.93. The van der Waals surface area contributed by atoms with E-state index in [1.165, 1.54) is 29.4 Å². The fourth-order valence-electron chi connectivity index (χ4n) is 3.84. The molecule has 1 unspecified atom stereocenters. The van der Waals surface area contributed by atoms with Crippen molar-refractivity contribution in [1.82, 2.24) is 4.98 Å². The lowest BCUT2D eigenvalue weighted by atomic mass is 9.95. The zero-order chi connectivity index (χ0) is 23.7. The number of hydrogen-bond acceptors (Lipinski definition) is 6. The summed E-state index contributed by atoms with van der Waals surface area (Å²) in [5.74, 6) is -1.93. The molecule has 3 aromatic rings. The number of ether oxygens (including phenoxy) is 1. The zero-order valence-corrected chi connectivity index (χ0v) is 18.7. The lowest BCUT2D eigenvalue weighted by Gasteiger charge is -2.26. The molecule has 1 atom stereocenters. The number of pyridine rings is 1. The van der Waals surface area contributed by atoms with Gasteiger partial charge in [-0.25, -0.2) is 0 Å². The first kappa shape index (κ1) is 22.4. The van der Waals surface area contributed by atoms with E-state index in [-0.39, 0.29) is 28.3 Å². The van der Waals surface area contributed by atoms with Gasteiger partial charge < -0.3 is 14.9 Å². The van der Waals surface area contributed by atoms with Crippen LogP contribution in [0.2, 0.25) is 5.02 Å². The van der Waals surface area contributed by atoms with Crippen molar-refractivity contribution in [2.24, 2.45) is 0 Å². The van der Waals surface area contributed by atoms with Crippen LogP contribution in [-0.4, -0.2) is 33.5 Å². The molecule has 8 heteroatoms. The van der Waals surface area contributed by atoms with Gasteiger partial charge in [-0.15, -0.1) is 0 Å². The summed E-state index contributed by atoms with van der Waals surface area (Å²) in [5, 5.41) is 22.1. The molecule has 1 amide bonds. The third-order valence-corrected chi connectivity index (χ3v) is 5.67. The van der Waals surface area contributed by atoms with Crippen LogP contribution in [0.15, 0.2) is 66.5 Å². The molecule has 2 heterocycles.